The van der Waals surface area contributed by atoms with Crippen LogP contribution < -0.4 is 15.8 Å². The van der Waals surface area contributed by atoms with Gasteiger partial charge in [0.2, 0.25) is 5.91 Å². The van der Waals surface area contributed by atoms with Gasteiger partial charge in [0, 0.05) is 26.1 Å². The summed E-state index contributed by atoms with van der Waals surface area (Å²) in [5.41, 5.74) is 5.36. The number of primary amides is 1. The van der Waals surface area contributed by atoms with Gasteiger partial charge in [-0.05, 0) is 60.7 Å². The highest BCUT2D eigenvalue weighted by molar-refractivity contribution is 9.10. The van der Waals surface area contributed by atoms with Crippen LogP contribution in [0.4, 0.5) is 0 Å². The van der Waals surface area contributed by atoms with Crippen molar-refractivity contribution >= 4 is 27.8 Å². The van der Waals surface area contributed by atoms with E-state index in [1.165, 1.54) is 0 Å². The van der Waals surface area contributed by atoms with E-state index in [1.54, 1.807) is 0 Å². The number of ether oxygens (including phenoxy) is 1. The number of nitrogens with zero attached hydrogens (tertiary/aromatic N) is 2. The Morgan fingerprint density at radius 1 is 1.50 bits per heavy atom. The minimum atomic E-state index is -0.228. The molecule has 1 heterocycles. The van der Waals surface area contributed by atoms with E-state index in [0.717, 1.165) is 48.7 Å². The molecule has 1 aromatic rings. The lowest BCUT2D eigenvalue weighted by molar-refractivity contribution is -0.119. The van der Waals surface area contributed by atoms with Crippen molar-refractivity contribution in [2.24, 2.45) is 16.6 Å². The number of hydrogen-bond donors (Lipinski definition) is 2. The Hall–Kier alpha value is -1.76. The number of likely N-dealkylation sites (tertiary alicyclic amines) is 1. The Morgan fingerprint density at radius 3 is 2.96 bits per heavy atom. The number of hydrogen-bond acceptors (Lipinski definition) is 3. The molecule has 1 saturated heterocycles. The van der Waals surface area contributed by atoms with Crippen LogP contribution in [0.3, 0.4) is 0 Å². The first-order valence-electron chi connectivity index (χ1n) is 9.22. The van der Waals surface area contributed by atoms with Gasteiger partial charge in [-0.3, -0.25) is 4.79 Å². The van der Waals surface area contributed by atoms with Crippen molar-refractivity contribution in [1.29, 1.82) is 0 Å². The molecular weight excluding hydrogens is 396 g/mol. The fourth-order valence-corrected chi connectivity index (χ4v) is 3.52. The third-order valence-electron chi connectivity index (χ3n) is 4.31. The summed E-state index contributed by atoms with van der Waals surface area (Å²) < 4.78 is 6.91. The van der Waals surface area contributed by atoms with Crippen molar-refractivity contribution in [3.63, 3.8) is 0 Å². The largest absolute Gasteiger partial charge is 0.488 e. The summed E-state index contributed by atoms with van der Waals surface area (Å²) in [5.74, 6) is 1.78. The maximum Gasteiger partial charge on any atom is 0.217 e. The second-order valence-electron chi connectivity index (χ2n) is 6.68. The molecule has 0 aromatic heterocycles. The van der Waals surface area contributed by atoms with E-state index in [4.69, 9.17) is 15.5 Å². The van der Waals surface area contributed by atoms with E-state index in [-0.39, 0.29) is 12.0 Å². The van der Waals surface area contributed by atoms with Crippen molar-refractivity contribution in [3.05, 3.63) is 28.7 Å². The van der Waals surface area contributed by atoms with Crippen molar-refractivity contribution in [3.8, 4) is 5.75 Å². The number of benzene rings is 1. The summed E-state index contributed by atoms with van der Waals surface area (Å²) in [4.78, 5) is 18.2. The first-order valence-corrected chi connectivity index (χ1v) is 10.0. The predicted molar refractivity (Wildman–Crippen MR) is 108 cm³/mol. The van der Waals surface area contributed by atoms with Gasteiger partial charge in [-0.1, -0.05) is 12.1 Å². The van der Waals surface area contributed by atoms with Gasteiger partial charge >= 0.3 is 0 Å². The van der Waals surface area contributed by atoms with E-state index < -0.39 is 0 Å². The SMILES string of the molecule is CCNC(=NCC(C)Oc1ccccc1Br)N1CCCC(CC(N)=O)C1. The maximum atomic E-state index is 11.2. The smallest absolute Gasteiger partial charge is 0.217 e. The number of amides is 1. The zero-order valence-electron chi connectivity index (χ0n) is 15.6. The summed E-state index contributed by atoms with van der Waals surface area (Å²) in [6.45, 7) is 7.19. The van der Waals surface area contributed by atoms with Gasteiger partial charge in [0.25, 0.3) is 0 Å². The number of carbonyl (C=O) groups excluding carboxylic acids is 1. The second kappa shape index (κ2) is 10.4. The first kappa shape index (κ1) is 20.6. The average Bonchev–Trinajstić information content (AvgIpc) is 2.60. The highest BCUT2D eigenvalue weighted by Gasteiger charge is 2.23. The average molecular weight is 425 g/mol. The number of rotatable bonds is 7. The van der Waals surface area contributed by atoms with E-state index in [2.05, 4.69) is 33.1 Å². The molecular formula is C19H29BrN4O2. The highest BCUT2D eigenvalue weighted by Crippen LogP contribution is 2.25. The molecule has 6 nitrogen and oxygen atoms in total. The van der Waals surface area contributed by atoms with Gasteiger partial charge in [0.15, 0.2) is 5.96 Å². The molecule has 1 aliphatic rings. The maximum absolute atomic E-state index is 11.2. The van der Waals surface area contributed by atoms with Crippen LogP contribution in [-0.4, -0.2) is 49.0 Å². The Balaban J connectivity index is 1.96. The Bertz CT molecular complexity index is 623. The first-order chi connectivity index (χ1) is 12.5. The van der Waals surface area contributed by atoms with Crippen LogP contribution in [0.1, 0.15) is 33.1 Å². The molecule has 1 aromatic carbocycles. The number of halogens is 1. The summed E-state index contributed by atoms with van der Waals surface area (Å²) in [5, 5.41) is 3.35. The van der Waals surface area contributed by atoms with Crippen molar-refractivity contribution < 1.29 is 9.53 Å². The molecule has 0 spiro atoms. The molecule has 0 saturated carbocycles. The molecule has 1 aliphatic heterocycles. The van der Waals surface area contributed by atoms with Crippen LogP contribution in [0.25, 0.3) is 0 Å². The van der Waals surface area contributed by atoms with Gasteiger partial charge in [-0.2, -0.15) is 0 Å². The van der Waals surface area contributed by atoms with Crippen LogP contribution in [0.15, 0.2) is 33.7 Å². The molecule has 2 unspecified atom stereocenters. The molecule has 3 N–H and O–H groups in total. The van der Waals surface area contributed by atoms with Gasteiger partial charge in [-0.25, -0.2) is 4.99 Å². The number of piperidine rings is 1. The van der Waals surface area contributed by atoms with Gasteiger partial charge in [0.1, 0.15) is 11.9 Å². The Kier molecular flexibility index (Phi) is 8.22. The quantitative estimate of drug-likeness (QED) is 0.520. The van der Waals surface area contributed by atoms with Crippen LogP contribution in [0, 0.1) is 5.92 Å². The summed E-state index contributed by atoms with van der Waals surface area (Å²) in [6.07, 6.45) is 2.48. The topological polar surface area (TPSA) is 80.0 Å². The van der Waals surface area contributed by atoms with Crippen molar-refractivity contribution in [1.82, 2.24) is 10.2 Å². The number of carbonyl (C=O) groups is 1. The molecule has 0 bridgehead atoms. The zero-order valence-corrected chi connectivity index (χ0v) is 17.2. The molecule has 2 atom stereocenters. The van der Waals surface area contributed by atoms with Crippen LogP contribution in [0.5, 0.6) is 5.75 Å². The third-order valence-corrected chi connectivity index (χ3v) is 4.96. The van der Waals surface area contributed by atoms with Crippen molar-refractivity contribution in [2.45, 2.75) is 39.2 Å². The summed E-state index contributed by atoms with van der Waals surface area (Å²) >= 11 is 3.50. The Morgan fingerprint density at radius 2 is 2.27 bits per heavy atom. The molecule has 0 radical (unpaired) electrons. The van der Waals surface area contributed by atoms with Crippen LogP contribution in [0.2, 0.25) is 0 Å². The number of para-hydroxylation sites is 1. The summed E-state index contributed by atoms with van der Waals surface area (Å²) in [7, 11) is 0. The van der Waals surface area contributed by atoms with Crippen molar-refractivity contribution in [2.75, 3.05) is 26.2 Å². The number of guanidine groups is 1. The van der Waals surface area contributed by atoms with E-state index in [9.17, 15) is 4.79 Å². The minimum Gasteiger partial charge on any atom is -0.488 e. The summed E-state index contributed by atoms with van der Waals surface area (Å²) in [6, 6.07) is 7.81. The van der Waals surface area contributed by atoms with E-state index in [1.807, 2.05) is 31.2 Å². The monoisotopic (exact) mass is 424 g/mol. The fourth-order valence-electron chi connectivity index (χ4n) is 3.14. The van der Waals surface area contributed by atoms with Gasteiger partial charge < -0.3 is 20.7 Å². The zero-order chi connectivity index (χ0) is 18.9. The molecule has 2 rings (SSSR count). The minimum absolute atomic E-state index is 0.0476. The predicted octanol–water partition coefficient (Wildman–Crippen LogP) is 2.77. The molecule has 144 valence electrons. The molecule has 7 heteroatoms. The lowest BCUT2D eigenvalue weighted by atomic mass is 9.95. The fraction of sp³-hybridized carbons (Fsp3) is 0.579. The van der Waals surface area contributed by atoms with Crippen LogP contribution >= 0.6 is 15.9 Å². The van der Waals surface area contributed by atoms with Gasteiger partial charge in [-0.15, -0.1) is 0 Å². The lowest BCUT2D eigenvalue weighted by Gasteiger charge is -2.34. The molecule has 1 amide bonds. The number of nitrogens with one attached hydrogen (secondary N) is 1. The van der Waals surface area contributed by atoms with Gasteiger partial charge in [0.05, 0.1) is 11.0 Å². The third kappa shape index (κ3) is 6.52. The molecule has 0 aliphatic carbocycles. The number of aliphatic imine (C=N–C) groups is 1. The van der Waals surface area contributed by atoms with E-state index >= 15 is 0 Å². The highest BCUT2D eigenvalue weighted by atomic mass is 79.9. The normalized spacial score (nSPS) is 19.1. The molecule has 1 fully saturated rings. The number of nitrogens with two attached hydrogens (primary N) is 1. The standard InChI is InChI=1S/C19H29BrN4O2/c1-3-22-19(24-10-6-7-15(13-24)11-18(21)25)23-12-14(2)26-17-9-5-4-8-16(17)20/h4-5,8-9,14-15H,3,6-7,10-13H2,1-2H3,(H2,21,25)(H,22,23). The Labute approximate surface area is 164 Å². The lowest BCUT2D eigenvalue weighted by Crippen LogP contribution is -2.47. The van der Waals surface area contributed by atoms with E-state index in [0.29, 0.717) is 18.9 Å². The molecule has 26 heavy (non-hydrogen) atoms. The second-order valence-corrected chi connectivity index (χ2v) is 7.53. The van der Waals surface area contributed by atoms with Crippen LogP contribution in [-0.2, 0) is 4.79 Å².